The average molecular weight is 225 g/mol. The lowest BCUT2D eigenvalue weighted by molar-refractivity contribution is -0.131. The fraction of sp³-hybridized carbons (Fsp3) is 0.200. The molecule has 6 nitrogen and oxygen atoms in total. The molecule has 5 N–H and O–H groups in total. The molecular weight excluding hydrogens is 214 g/mol. The van der Waals surface area contributed by atoms with Gasteiger partial charge < -0.3 is 21.1 Å². The predicted octanol–water partition coefficient (Wildman–Crippen LogP) is -0.916. The van der Waals surface area contributed by atoms with Gasteiger partial charge in [-0.15, -0.1) is 0 Å². The van der Waals surface area contributed by atoms with Crippen molar-refractivity contribution in [3.8, 4) is 5.75 Å². The van der Waals surface area contributed by atoms with Crippen molar-refractivity contribution in [3.63, 3.8) is 0 Å². The van der Waals surface area contributed by atoms with E-state index in [9.17, 15) is 24.9 Å². The largest absolute Gasteiger partial charge is 0.507 e. The molecule has 86 valence electrons. The van der Waals surface area contributed by atoms with Crippen molar-refractivity contribution in [2.45, 2.75) is 12.2 Å². The average Bonchev–Trinajstić information content (AvgIpc) is 2.26. The number of hydrogen-bond donors (Lipinski definition) is 4. The molecule has 0 aliphatic carbocycles. The van der Waals surface area contributed by atoms with E-state index in [0.29, 0.717) is 6.29 Å². The van der Waals surface area contributed by atoms with E-state index in [1.165, 1.54) is 12.1 Å². The number of carbonyl (C=O) groups excluding carboxylic acids is 2. The van der Waals surface area contributed by atoms with Crippen LogP contribution in [0.3, 0.4) is 0 Å². The minimum Gasteiger partial charge on any atom is -0.507 e. The lowest BCUT2D eigenvalue weighted by atomic mass is 10.0. The Hall–Kier alpha value is -1.92. The minimum absolute atomic E-state index is 0.0458. The third-order valence-corrected chi connectivity index (χ3v) is 2.11. The second-order valence-corrected chi connectivity index (χ2v) is 3.23. The standard InChI is InChI=1S/C10H11NO5/c11-10(16)9(15)8(14)5-1-2-6(4-12)7(13)3-5/h1-4,8-9,13-15H,(H2,11,16). The van der Waals surface area contributed by atoms with Crippen LogP contribution < -0.4 is 5.73 Å². The van der Waals surface area contributed by atoms with Gasteiger partial charge >= 0.3 is 0 Å². The molecule has 0 saturated carbocycles. The van der Waals surface area contributed by atoms with E-state index in [1.54, 1.807) is 0 Å². The van der Waals surface area contributed by atoms with E-state index < -0.39 is 18.1 Å². The molecule has 0 aliphatic heterocycles. The molecule has 0 spiro atoms. The maximum atomic E-state index is 10.6. The van der Waals surface area contributed by atoms with Crippen molar-refractivity contribution in [3.05, 3.63) is 29.3 Å². The van der Waals surface area contributed by atoms with Crippen LogP contribution in [0.1, 0.15) is 22.0 Å². The summed E-state index contributed by atoms with van der Waals surface area (Å²) in [5, 5.41) is 28.0. The van der Waals surface area contributed by atoms with Crippen LogP contribution in [0.5, 0.6) is 5.75 Å². The number of aldehydes is 1. The van der Waals surface area contributed by atoms with Gasteiger partial charge in [-0.05, 0) is 17.7 Å². The number of phenols is 1. The fourth-order valence-corrected chi connectivity index (χ4v) is 1.18. The normalized spacial score (nSPS) is 14.1. The Kier molecular flexibility index (Phi) is 3.60. The number of aromatic hydroxyl groups is 1. The predicted molar refractivity (Wildman–Crippen MR) is 53.7 cm³/mol. The van der Waals surface area contributed by atoms with Gasteiger partial charge in [0.2, 0.25) is 5.91 Å². The third-order valence-electron chi connectivity index (χ3n) is 2.11. The number of benzene rings is 1. The molecule has 6 heteroatoms. The summed E-state index contributed by atoms with van der Waals surface area (Å²) in [7, 11) is 0. The highest BCUT2D eigenvalue weighted by Gasteiger charge is 2.23. The van der Waals surface area contributed by atoms with Crippen molar-refractivity contribution < 1.29 is 24.9 Å². The topological polar surface area (TPSA) is 121 Å². The van der Waals surface area contributed by atoms with Crippen LogP contribution in [0.4, 0.5) is 0 Å². The molecule has 0 aliphatic rings. The summed E-state index contributed by atoms with van der Waals surface area (Å²) in [5.74, 6) is -1.42. The lowest BCUT2D eigenvalue weighted by Crippen LogP contribution is -2.33. The maximum absolute atomic E-state index is 10.6. The van der Waals surface area contributed by atoms with E-state index in [2.05, 4.69) is 0 Å². The van der Waals surface area contributed by atoms with Gasteiger partial charge in [0.1, 0.15) is 11.9 Å². The Morgan fingerprint density at radius 3 is 2.44 bits per heavy atom. The number of primary amides is 1. The van der Waals surface area contributed by atoms with Crippen LogP contribution in [0, 0.1) is 0 Å². The summed E-state index contributed by atoms with van der Waals surface area (Å²) in [4.78, 5) is 21.0. The van der Waals surface area contributed by atoms with Gasteiger partial charge in [-0.2, -0.15) is 0 Å². The molecule has 0 radical (unpaired) electrons. The van der Waals surface area contributed by atoms with Crippen molar-refractivity contribution in [1.29, 1.82) is 0 Å². The van der Waals surface area contributed by atoms with Gasteiger partial charge in [0.15, 0.2) is 12.4 Å². The molecule has 1 amide bonds. The number of rotatable bonds is 4. The van der Waals surface area contributed by atoms with Crippen LogP contribution in [0.2, 0.25) is 0 Å². The van der Waals surface area contributed by atoms with Gasteiger partial charge in [0.25, 0.3) is 0 Å². The first-order valence-corrected chi connectivity index (χ1v) is 4.41. The number of nitrogens with two attached hydrogens (primary N) is 1. The molecule has 16 heavy (non-hydrogen) atoms. The Morgan fingerprint density at radius 2 is 2.00 bits per heavy atom. The molecular formula is C10H11NO5. The highest BCUT2D eigenvalue weighted by molar-refractivity contribution is 5.80. The van der Waals surface area contributed by atoms with Crippen molar-refractivity contribution in [2.24, 2.45) is 5.73 Å². The van der Waals surface area contributed by atoms with E-state index in [1.807, 2.05) is 0 Å². The van der Waals surface area contributed by atoms with E-state index >= 15 is 0 Å². The first-order chi connectivity index (χ1) is 7.47. The summed E-state index contributed by atoms with van der Waals surface area (Å²) >= 11 is 0. The number of carbonyl (C=O) groups is 2. The number of phenolic OH excluding ortho intramolecular Hbond substituents is 1. The zero-order valence-corrected chi connectivity index (χ0v) is 8.20. The zero-order valence-electron chi connectivity index (χ0n) is 8.20. The smallest absolute Gasteiger partial charge is 0.249 e. The van der Waals surface area contributed by atoms with Gasteiger partial charge in [-0.3, -0.25) is 9.59 Å². The molecule has 0 fully saturated rings. The Labute approximate surface area is 90.9 Å². The summed E-state index contributed by atoms with van der Waals surface area (Å²) in [6.07, 6.45) is -2.86. The van der Waals surface area contributed by atoms with Crippen molar-refractivity contribution >= 4 is 12.2 Å². The SMILES string of the molecule is NC(=O)C(O)C(O)c1ccc(C=O)c(O)c1. The maximum Gasteiger partial charge on any atom is 0.249 e. The molecule has 0 heterocycles. The number of hydrogen-bond acceptors (Lipinski definition) is 5. The van der Waals surface area contributed by atoms with Crippen LogP contribution in [-0.4, -0.2) is 33.6 Å². The molecule has 2 atom stereocenters. The van der Waals surface area contributed by atoms with Gasteiger partial charge in [-0.25, -0.2) is 0 Å². The highest BCUT2D eigenvalue weighted by atomic mass is 16.3. The van der Waals surface area contributed by atoms with Crippen LogP contribution >= 0.6 is 0 Å². The molecule has 1 aromatic carbocycles. The van der Waals surface area contributed by atoms with Gasteiger partial charge in [-0.1, -0.05) is 6.07 Å². The number of aliphatic hydroxyl groups is 2. The Balaban J connectivity index is 3.01. The zero-order chi connectivity index (χ0) is 12.3. The number of aliphatic hydroxyl groups excluding tert-OH is 2. The first-order valence-electron chi connectivity index (χ1n) is 4.41. The molecule has 0 aromatic heterocycles. The Bertz CT molecular complexity index is 418. The first kappa shape index (κ1) is 12.2. The van der Waals surface area contributed by atoms with E-state index in [-0.39, 0.29) is 16.9 Å². The molecule has 2 unspecified atom stereocenters. The van der Waals surface area contributed by atoms with E-state index in [0.717, 1.165) is 6.07 Å². The number of amides is 1. The molecule has 0 saturated heterocycles. The van der Waals surface area contributed by atoms with Crippen molar-refractivity contribution in [2.75, 3.05) is 0 Å². The summed E-state index contributed by atoms with van der Waals surface area (Å²) in [6, 6.07) is 3.65. The highest BCUT2D eigenvalue weighted by Crippen LogP contribution is 2.23. The van der Waals surface area contributed by atoms with E-state index in [4.69, 9.17) is 5.73 Å². The summed E-state index contributed by atoms with van der Waals surface area (Å²) in [6.45, 7) is 0. The van der Waals surface area contributed by atoms with Crippen LogP contribution in [0.25, 0.3) is 0 Å². The van der Waals surface area contributed by atoms with Crippen LogP contribution in [-0.2, 0) is 4.79 Å². The molecule has 1 rings (SSSR count). The molecule has 1 aromatic rings. The lowest BCUT2D eigenvalue weighted by Gasteiger charge is -2.15. The monoisotopic (exact) mass is 225 g/mol. The third kappa shape index (κ3) is 2.36. The molecule has 0 bridgehead atoms. The second-order valence-electron chi connectivity index (χ2n) is 3.23. The fourth-order valence-electron chi connectivity index (χ4n) is 1.18. The van der Waals surface area contributed by atoms with Crippen molar-refractivity contribution in [1.82, 2.24) is 0 Å². The van der Waals surface area contributed by atoms with Gasteiger partial charge in [0.05, 0.1) is 5.56 Å². The summed E-state index contributed by atoms with van der Waals surface area (Å²) < 4.78 is 0. The van der Waals surface area contributed by atoms with Crippen LogP contribution in [0.15, 0.2) is 18.2 Å². The minimum atomic E-state index is -1.76. The van der Waals surface area contributed by atoms with Gasteiger partial charge in [0, 0.05) is 0 Å². The summed E-state index contributed by atoms with van der Waals surface area (Å²) in [5.41, 5.74) is 4.94. The quantitative estimate of drug-likeness (QED) is 0.494. The Morgan fingerprint density at radius 1 is 1.38 bits per heavy atom. The second kappa shape index (κ2) is 4.73.